The Labute approximate surface area is 162 Å². The number of furan rings is 1. The van der Waals surface area contributed by atoms with Crippen LogP contribution in [0.5, 0.6) is 0 Å². The van der Waals surface area contributed by atoms with Crippen LogP contribution in [0.3, 0.4) is 0 Å². The normalized spacial score (nSPS) is 18.2. The largest absolute Gasteiger partial charge is 0.459 e. The molecule has 2 aliphatic heterocycles. The molecule has 0 aliphatic carbocycles. The molecule has 0 spiro atoms. The minimum absolute atomic E-state index is 0.0816. The van der Waals surface area contributed by atoms with Crippen LogP contribution in [0.25, 0.3) is 0 Å². The molecule has 4 heterocycles. The van der Waals surface area contributed by atoms with Crippen LogP contribution in [0.15, 0.2) is 28.2 Å². The molecule has 7 nitrogen and oxygen atoms in total. The lowest BCUT2D eigenvalue weighted by Crippen LogP contribution is -2.50. The molecule has 27 heavy (non-hydrogen) atoms. The molecule has 0 bridgehead atoms. The second-order valence-corrected chi connectivity index (χ2v) is 7.99. The van der Waals surface area contributed by atoms with Gasteiger partial charge < -0.3 is 14.2 Å². The quantitative estimate of drug-likeness (QED) is 0.782. The van der Waals surface area contributed by atoms with Crippen LogP contribution in [-0.4, -0.2) is 70.8 Å². The first-order valence-electron chi connectivity index (χ1n) is 9.45. The fraction of sp³-hybridized carbons (Fsp3) is 0.526. The van der Waals surface area contributed by atoms with Gasteiger partial charge in [-0.15, -0.1) is 11.3 Å². The summed E-state index contributed by atoms with van der Waals surface area (Å²) in [6.07, 6.45) is 4.37. The van der Waals surface area contributed by atoms with Gasteiger partial charge in [0, 0.05) is 31.6 Å². The van der Waals surface area contributed by atoms with Crippen LogP contribution in [0.4, 0.5) is 0 Å². The van der Waals surface area contributed by atoms with Crippen molar-refractivity contribution in [2.75, 3.05) is 39.3 Å². The van der Waals surface area contributed by atoms with E-state index in [0.29, 0.717) is 38.4 Å². The first kappa shape index (κ1) is 18.2. The minimum Gasteiger partial charge on any atom is -0.459 e. The summed E-state index contributed by atoms with van der Waals surface area (Å²) >= 11 is 1.64. The topological polar surface area (TPSA) is 69.9 Å². The molecule has 0 aromatic carbocycles. The van der Waals surface area contributed by atoms with Gasteiger partial charge in [-0.3, -0.25) is 14.5 Å². The molecular formula is C19H24N4O3S. The van der Waals surface area contributed by atoms with Crippen molar-refractivity contribution in [3.63, 3.8) is 0 Å². The first-order chi connectivity index (χ1) is 13.2. The fourth-order valence-corrected chi connectivity index (χ4v) is 4.45. The number of aromatic nitrogens is 1. The number of rotatable bonds is 5. The summed E-state index contributed by atoms with van der Waals surface area (Å²) in [5.41, 5.74) is 0.855. The van der Waals surface area contributed by atoms with Gasteiger partial charge in [-0.1, -0.05) is 0 Å². The zero-order chi connectivity index (χ0) is 18.6. The van der Waals surface area contributed by atoms with E-state index in [1.165, 1.54) is 19.1 Å². The number of hydrogen-bond acceptors (Lipinski definition) is 6. The molecule has 2 saturated heterocycles. The maximum Gasteiger partial charge on any atom is 0.289 e. The smallest absolute Gasteiger partial charge is 0.289 e. The van der Waals surface area contributed by atoms with Crippen LogP contribution >= 0.6 is 11.3 Å². The van der Waals surface area contributed by atoms with Gasteiger partial charge in [0.05, 0.1) is 24.9 Å². The molecule has 0 saturated carbocycles. The lowest BCUT2D eigenvalue weighted by molar-refractivity contribution is -0.132. The predicted octanol–water partition coefficient (Wildman–Crippen LogP) is 1.86. The summed E-state index contributed by atoms with van der Waals surface area (Å²) in [7, 11) is 0. The molecule has 2 aromatic rings. The molecule has 144 valence electrons. The van der Waals surface area contributed by atoms with Gasteiger partial charge in [-0.2, -0.15) is 0 Å². The van der Waals surface area contributed by atoms with Gasteiger partial charge in [0.15, 0.2) is 5.76 Å². The third-order valence-corrected chi connectivity index (χ3v) is 6.02. The fourth-order valence-electron chi connectivity index (χ4n) is 3.62. The van der Waals surface area contributed by atoms with Crippen LogP contribution < -0.4 is 0 Å². The van der Waals surface area contributed by atoms with E-state index in [4.69, 9.17) is 4.42 Å². The van der Waals surface area contributed by atoms with Crippen LogP contribution in [-0.2, 0) is 17.8 Å². The maximum absolute atomic E-state index is 12.6. The highest BCUT2D eigenvalue weighted by Gasteiger charge is 2.26. The second-order valence-electron chi connectivity index (χ2n) is 7.04. The van der Waals surface area contributed by atoms with Crippen molar-refractivity contribution in [3.05, 3.63) is 40.2 Å². The van der Waals surface area contributed by atoms with Crippen LogP contribution in [0, 0.1) is 0 Å². The Morgan fingerprint density at radius 2 is 1.81 bits per heavy atom. The number of carbonyl (C=O) groups excluding carboxylic acids is 2. The van der Waals surface area contributed by atoms with Crippen molar-refractivity contribution in [2.24, 2.45) is 0 Å². The van der Waals surface area contributed by atoms with Gasteiger partial charge in [-0.05, 0) is 38.1 Å². The van der Waals surface area contributed by atoms with E-state index in [2.05, 4.69) is 9.88 Å². The molecule has 0 unspecified atom stereocenters. The van der Waals surface area contributed by atoms with Gasteiger partial charge in [0.1, 0.15) is 5.01 Å². The van der Waals surface area contributed by atoms with E-state index >= 15 is 0 Å². The molecule has 2 fully saturated rings. The molecule has 0 N–H and O–H groups in total. The van der Waals surface area contributed by atoms with Crippen molar-refractivity contribution in [3.8, 4) is 0 Å². The molecule has 2 aliphatic rings. The number of thiazole rings is 1. The Balaban J connectivity index is 1.26. The van der Waals surface area contributed by atoms with Crippen molar-refractivity contribution in [2.45, 2.75) is 25.8 Å². The standard InChI is InChI=1S/C19H24N4O3S/c24-18(12-15-14-27-17(20-15)13-21-5-1-2-6-21)22-7-9-23(10-8-22)19(25)16-4-3-11-26-16/h3-4,11,14H,1-2,5-10,12-13H2. The minimum atomic E-state index is -0.113. The van der Waals surface area contributed by atoms with E-state index < -0.39 is 0 Å². The summed E-state index contributed by atoms with van der Waals surface area (Å²) in [6.45, 7) is 5.35. The van der Waals surface area contributed by atoms with E-state index in [1.54, 1.807) is 28.4 Å². The van der Waals surface area contributed by atoms with Crippen LogP contribution in [0.2, 0.25) is 0 Å². The molecule has 4 rings (SSSR count). The first-order valence-corrected chi connectivity index (χ1v) is 10.3. The molecule has 2 amide bonds. The summed E-state index contributed by atoms with van der Waals surface area (Å²) < 4.78 is 5.17. The highest BCUT2D eigenvalue weighted by Crippen LogP contribution is 2.17. The van der Waals surface area contributed by atoms with E-state index in [1.807, 2.05) is 10.3 Å². The zero-order valence-electron chi connectivity index (χ0n) is 15.3. The summed E-state index contributed by atoms with van der Waals surface area (Å²) in [5.74, 6) is 0.319. The zero-order valence-corrected chi connectivity index (χ0v) is 16.1. The molecule has 0 atom stereocenters. The van der Waals surface area contributed by atoms with Gasteiger partial charge in [0.25, 0.3) is 5.91 Å². The average Bonchev–Trinajstić information content (AvgIpc) is 3.45. The van der Waals surface area contributed by atoms with Gasteiger partial charge in [0.2, 0.25) is 5.91 Å². The van der Waals surface area contributed by atoms with Crippen molar-refractivity contribution in [1.82, 2.24) is 19.7 Å². The SMILES string of the molecule is O=C(Cc1csc(CN2CCCC2)n1)N1CCN(C(=O)c2ccco2)CC1. The van der Waals surface area contributed by atoms with Gasteiger partial charge >= 0.3 is 0 Å². The Morgan fingerprint density at radius 1 is 1.07 bits per heavy atom. The maximum atomic E-state index is 12.6. The van der Waals surface area contributed by atoms with Gasteiger partial charge in [-0.25, -0.2) is 4.98 Å². The molecular weight excluding hydrogens is 364 g/mol. The Hall–Kier alpha value is -2.19. The van der Waals surface area contributed by atoms with E-state index in [-0.39, 0.29) is 11.8 Å². The number of amides is 2. The highest BCUT2D eigenvalue weighted by atomic mass is 32.1. The lowest BCUT2D eigenvalue weighted by Gasteiger charge is -2.34. The summed E-state index contributed by atoms with van der Waals surface area (Å²) in [4.78, 5) is 35.5. The number of piperazine rings is 1. The Kier molecular flexibility index (Phi) is 5.54. The van der Waals surface area contributed by atoms with E-state index in [9.17, 15) is 9.59 Å². The monoisotopic (exact) mass is 388 g/mol. The van der Waals surface area contributed by atoms with Crippen molar-refractivity contribution >= 4 is 23.2 Å². The highest BCUT2D eigenvalue weighted by molar-refractivity contribution is 7.09. The van der Waals surface area contributed by atoms with Crippen molar-refractivity contribution in [1.29, 1.82) is 0 Å². The molecule has 0 radical (unpaired) electrons. The molecule has 8 heteroatoms. The second kappa shape index (κ2) is 8.22. The number of hydrogen-bond donors (Lipinski definition) is 0. The Bertz CT molecular complexity index is 775. The summed E-state index contributed by atoms with van der Waals surface area (Å²) in [5, 5.41) is 3.09. The lowest BCUT2D eigenvalue weighted by atomic mass is 10.2. The third-order valence-electron chi connectivity index (χ3n) is 5.14. The van der Waals surface area contributed by atoms with E-state index in [0.717, 1.165) is 30.3 Å². The predicted molar refractivity (Wildman–Crippen MR) is 102 cm³/mol. The van der Waals surface area contributed by atoms with Crippen LogP contribution in [0.1, 0.15) is 34.1 Å². The number of likely N-dealkylation sites (tertiary alicyclic amines) is 1. The number of nitrogens with zero attached hydrogens (tertiary/aromatic N) is 4. The molecule has 2 aromatic heterocycles. The summed E-state index contributed by atoms with van der Waals surface area (Å²) in [6, 6.07) is 3.38. The Morgan fingerprint density at radius 3 is 2.52 bits per heavy atom. The van der Waals surface area contributed by atoms with Crippen molar-refractivity contribution < 1.29 is 14.0 Å². The third kappa shape index (κ3) is 4.39. The number of carbonyl (C=O) groups is 2. The average molecular weight is 388 g/mol.